The number of amides is 1. The predicted octanol–water partition coefficient (Wildman–Crippen LogP) is 6.47. The van der Waals surface area contributed by atoms with Gasteiger partial charge in [0, 0.05) is 28.4 Å². The van der Waals surface area contributed by atoms with Crippen LogP contribution in [0.5, 0.6) is 5.75 Å². The van der Waals surface area contributed by atoms with Crippen molar-refractivity contribution in [2.24, 2.45) is 5.92 Å². The number of carbonyl (C=O) groups is 1. The first-order valence-electron chi connectivity index (χ1n) is 10.7. The number of aromatic amines is 1. The molecule has 0 radical (unpaired) electrons. The van der Waals surface area contributed by atoms with Gasteiger partial charge in [-0.05, 0) is 67.5 Å². The third-order valence-electron chi connectivity index (χ3n) is 6.47. The highest BCUT2D eigenvalue weighted by molar-refractivity contribution is 6.21. The molecule has 168 valence electrons. The van der Waals surface area contributed by atoms with Crippen molar-refractivity contribution in [1.82, 2.24) is 4.98 Å². The zero-order valence-corrected chi connectivity index (χ0v) is 17.8. The van der Waals surface area contributed by atoms with E-state index in [-0.39, 0.29) is 29.2 Å². The molecule has 1 heterocycles. The Morgan fingerprint density at radius 3 is 2.44 bits per heavy atom. The van der Waals surface area contributed by atoms with E-state index in [1.165, 1.54) is 0 Å². The monoisotopic (exact) mass is 462 g/mol. The van der Waals surface area contributed by atoms with Gasteiger partial charge in [0.2, 0.25) is 5.91 Å². The van der Waals surface area contributed by atoms with E-state index in [1.807, 2.05) is 18.2 Å². The van der Waals surface area contributed by atoms with Crippen molar-refractivity contribution in [3.63, 3.8) is 0 Å². The standard InChI is InChI=1S/C24H22ClF3N2O2/c25-17-7-15(8-17)23(31)30-22-12-29-21-6-5-18(11-20(21)22)32-19-9-14(10-19)13-1-3-16(4-2-13)24(26,27)28/h1-6,11-12,14-15,17,19,29H,7-10H2,(H,30,31)/t14-,15?,17?,19+. The number of H-pyrrole nitrogens is 1. The summed E-state index contributed by atoms with van der Waals surface area (Å²) in [5.41, 5.74) is 1.88. The summed E-state index contributed by atoms with van der Waals surface area (Å²) < 4.78 is 44.3. The van der Waals surface area contributed by atoms with Crippen LogP contribution < -0.4 is 10.1 Å². The molecule has 2 aromatic carbocycles. The van der Waals surface area contributed by atoms with Crippen molar-refractivity contribution < 1.29 is 22.7 Å². The number of nitrogens with one attached hydrogen (secondary N) is 2. The first kappa shape index (κ1) is 21.2. The van der Waals surface area contributed by atoms with Crippen LogP contribution in [0.1, 0.15) is 42.7 Å². The number of rotatable bonds is 5. The van der Waals surface area contributed by atoms with Crippen LogP contribution in [0.3, 0.4) is 0 Å². The van der Waals surface area contributed by atoms with Gasteiger partial charge in [-0.15, -0.1) is 11.6 Å². The fourth-order valence-corrected chi connectivity index (χ4v) is 4.77. The molecule has 2 N–H and O–H groups in total. The number of benzene rings is 2. The number of fused-ring (bicyclic) bond motifs is 1. The molecule has 1 amide bonds. The van der Waals surface area contributed by atoms with E-state index in [9.17, 15) is 18.0 Å². The lowest BCUT2D eigenvalue weighted by molar-refractivity contribution is -0.137. The molecule has 2 aliphatic rings. The van der Waals surface area contributed by atoms with Crippen LogP contribution in [0.15, 0.2) is 48.7 Å². The number of aromatic nitrogens is 1. The minimum absolute atomic E-state index is 0.00681. The van der Waals surface area contributed by atoms with E-state index in [0.29, 0.717) is 24.3 Å². The van der Waals surface area contributed by atoms with Crippen molar-refractivity contribution in [1.29, 1.82) is 0 Å². The molecule has 0 unspecified atom stereocenters. The van der Waals surface area contributed by atoms with Crippen LogP contribution in [0, 0.1) is 5.92 Å². The average molecular weight is 463 g/mol. The van der Waals surface area contributed by atoms with Crippen LogP contribution >= 0.6 is 11.6 Å². The fraction of sp³-hybridized carbons (Fsp3) is 0.375. The van der Waals surface area contributed by atoms with Crippen LogP contribution in [0.4, 0.5) is 18.9 Å². The highest BCUT2D eigenvalue weighted by Gasteiger charge is 2.35. The normalized spacial score (nSPS) is 25.1. The second-order valence-electron chi connectivity index (χ2n) is 8.69. The topological polar surface area (TPSA) is 54.1 Å². The summed E-state index contributed by atoms with van der Waals surface area (Å²) in [6, 6.07) is 11.1. The Bertz CT molecular complexity index is 1130. The first-order chi connectivity index (χ1) is 15.3. The smallest absolute Gasteiger partial charge is 0.416 e. The molecule has 0 spiro atoms. The van der Waals surface area contributed by atoms with Crippen LogP contribution in [0.25, 0.3) is 10.9 Å². The molecular formula is C24H22ClF3N2O2. The number of hydrogen-bond acceptors (Lipinski definition) is 2. The summed E-state index contributed by atoms with van der Waals surface area (Å²) in [6.45, 7) is 0. The largest absolute Gasteiger partial charge is 0.490 e. The Balaban J connectivity index is 1.20. The zero-order valence-electron chi connectivity index (χ0n) is 17.1. The summed E-state index contributed by atoms with van der Waals surface area (Å²) in [4.78, 5) is 15.5. The van der Waals surface area contributed by atoms with Crippen molar-refractivity contribution >= 4 is 34.1 Å². The van der Waals surface area contributed by atoms with E-state index >= 15 is 0 Å². The fourth-order valence-electron chi connectivity index (χ4n) is 4.34. The quantitative estimate of drug-likeness (QED) is 0.427. The van der Waals surface area contributed by atoms with Crippen molar-refractivity contribution in [3.05, 3.63) is 59.8 Å². The van der Waals surface area contributed by atoms with Gasteiger partial charge in [0.15, 0.2) is 0 Å². The Morgan fingerprint density at radius 1 is 1.06 bits per heavy atom. The van der Waals surface area contributed by atoms with Gasteiger partial charge < -0.3 is 15.0 Å². The molecule has 5 rings (SSSR count). The molecule has 0 saturated heterocycles. The lowest BCUT2D eigenvalue weighted by atomic mass is 9.77. The van der Waals surface area contributed by atoms with Gasteiger partial charge in [0.05, 0.1) is 17.4 Å². The van der Waals surface area contributed by atoms with Gasteiger partial charge in [0.1, 0.15) is 5.75 Å². The molecule has 4 nitrogen and oxygen atoms in total. The molecule has 8 heteroatoms. The molecule has 0 aliphatic heterocycles. The lowest BCUT2D eigenvalue weighted by Gasteiger charge is -2.35. The predicted molar refractivity (Wildman–Crippen MR) is 117 cm³/mol. The first-order valence-corrected chi connectivity index (χ1v) is 11.1. The van der Waals surface area contributed by atoms with E-state index in [1.54, 1.807) is 18.3 Å². The molecule has 3 aromatic rings. The summed E-state index contributed by atoms with van der Waals surface area (Å²) in [5, 5.41) is 3.93. The second-order valence-corrected chi connectivity index (χ2v) is 9.31. The third kappa shape index (κ3) is 4.18. The molecule has 32 heavy (non-hydrogen) atoms. The Morgan fingerprint density at radius 2 is 1.78 bits per heavy atom. The summed E-state index contributed by atoms with van der Waals surface area (Å²) >= 11 is 5.98. The van der Waals surface area contributed by atoms with Crippen LogP contribution in [-0.2, 0) is 11.0 Å². The van der Waals surface area contributed by atoms with Crippen LogP contribution in [0.2, 0.25) is 0 Å². The minimum Gasteiger partial charge on any atom is -0.490 e. The second kappa shape index (κ2) is 8.03. The molecular weight excluding hydrogens is 441 g/mol. The maximum Gasteiger partial charge on any atom is 0.416 e. The Labute approximate surface area is 188 Å². The maximum atomic E-state index is 12.7. The van der Waals surface area contributed by atoms with Gasteiger partial charge >= 0.3 is 6.18 Å². The van der Waals surface area contributed by atoms with E-state index < -0.39 is 11.7 Å². The van der Waals surface area contributed by atoms with E-state index in [0.717, 1.165) is 41.4 Å². The molecule has 2 saturated carbocycles. The minimum atomic E-state index is -4.32. The Hall–Kier alpha value is -2.67. The lowest BCUT2D eigenvalue weighted by Crippen LogP contribution is -2.34. The van der Waals surface area contributed by atoms with E-state index in [2.05, 4.69) is 10.3 Å². The van der Waals surface area contributed by atoms with Crippen LogP contribution in [-0.4, -0.2) is 22.4 Å². The number of hydrogen-bond donors (Lipinski definition) is 2. The van der Waals surface area contributed by atoms with Gasteiger partial charge in [-0.1, -0.05) is 12.1 Å². The van der Waals surface area contributed by atoms with Gasteiger partial charge in [-0.3, -0.25) is 4.79 Å². The third-order valence-corrected chi connectivity index (χ3v) is 6.83. The summed E-state index contributed by atoms with van der Waals surface area (Å²) in [5.74, 6) is 0.834. The van der Waals surface area contributed by atoms with E-state index in [4.69, 9.17) is 16.3 Å². The molecule has 2 aliphatic carbocycles. The molecule has 1 aromatic heterocycles. The number of carbonyl (C=O) groups excluding carboxylic acids is 1. The number of ether oxygens (including phenoxy) is 1. The van der Waals surface area contributed by atoms with Gasteiger partial charge in [-0.2, -0.15) is 13.2 Å². The molecule has 2 fully saturated rings. The average Bonchev–Trinajstić information content (AvgIpc) is 3.09. The maximum absolute atomic E-state index is 12.7. The zero-order chi connectivity index (χ0) is 22.5. The van der Waals surface area contributed by atoms with Gasteiger partial charge in [-0.25, -0.2) is 0 Å². The highest BCUT2D eigenvalue weighted by Crippen LogP contribution is 2.41. The summed E-state index contributed by atoms with van der Waals surface area (Å²) in [6.07, 6.45) is 0.365. The van der Waals surface area contributed by atoms with Crippen molar-refractivity contribution in [3.8, 4) is 5.75 Å². The molecule has 0 atom stereocenters. The number of halogens is 4. The Kier molecular flexibility index (Phi) is 5.32. The number of alkyl halides is 4. The van der Waals surface area contributed by atoms with Gasteiger partial charge in [0.25, 0.3) is 0 Å². The SMILES string of the molecule is O=C(Nc1c[nH]c2ccc(O[C@H]3C[C@@H](c4ccc(C(F)(F)F)cc4)C3)cc12)C1CC(Cl)C1. The summed E-state index contributed by atoms with van der Waals surface area (Å²) in [7, 11) is 0. The van der Waals surface area contributed by atoms with Crippen molar-refractivity contribution in [2.75, 3.05) is 5.32 Å². The highest BCUT2D eigenvalue weighted by atomic mass is 35.5. The van der Waals surface area contributed by atoms with Crippen molar-refractivity contribution in [2.45, 2.75) is 49.3 Å². The molecule has 0 bridgehead atoms. The number of anilines is 1.